The van der Waals surface area contributed by atoms with E-state index in [0.717, 1.165) is 35.2 Å². The molecule has 28 heavy (non-hydrogen) atoms. The lowest BCUT2D eigenvalue weighted by molar-refractivity contribution is -0.137. The minimum Gasteiger partial charge on any atom is -0.436 e. The summed E-state index contributed by atoms with van der Waals surface area (Å²) in [5.41, 5.74) is -1.36. The van der Waals surface area contributed by atoms with Gasteiger partial charge in [-0.05, 0) is 36.4 Å². The Bertz CT molecular complexity index is 1010. The number of hydrogen-bond donors (Lipinski definition) is 0. The summed E-state index contributed by atoms with van der Waals surface area (Å²) in [4.78, 5) is 12.3. The molecule has 0 fully saturated rings. The molecule has 0 aliphatic carbocycles. The Balaban J connectivity index is 2.00. The van der Waals surface area contributed by atoms with E-state index in [9.17, 15) is 26.7 Å². The first kappa shape index (κ1) is 19.2. The van der Waals surface area contributed by atoms with Crippen molar-refractivity contribution in [1.29, 1.82) is 0 Å². The Morgan fingerprint density at radius 1 is 1.00 bits per heavy atom. The molecule has 0 saturated heterocycles. The molecule has 144 valence electrons. The predicted octanol–water partition coefficient (Wildman–Crippen LogP) is 4.86. The third-order valence-corrected chi connectivity index (χ3v) is 3.58. The molecule has 0 aliphatic rings. The molecule has 0 bridgehead atoms. The number of benzene rings is 2. The second-order valence-corrected chi connectivity index (χ2v) is 5.42. The van der Waals surface area contributed by atoms with Crippen LogP contribution in [0.5, 0.6) is 11.6 Å². The van der Waals surface area contributed by atoms with Gasteiger partial charge in [0.05, 0.1) is 17.4 Å². The molecule has 0 unspecified atom stereocenters. The number of ether oxygens (including phenoxy) is 1. The summed E-state index contributed by atoms with van der Waals surface area (Å²) in [6.45, 7) is 0. The van der Waals surface area contributed by atoms with Crippen LogP contribution in [0, 0.1) is 11.6 Å². The van der Waals surface area contributed by atoms with E-state index in [0.29, 0.717) is 6.07 Å². The lowest BCUT2D eigenvalue weighted by atomic mass is 10.2. The van der Waals surface area contributed by atoms with E-state index in [4.69, 9.17) is 4.74 Å². The minimum absolute atomic E-state index is 0.104. The SMILES string of the molecule is O=CN(c1ccc(F)cc1F)c1ccnnc1Oc1cccc(C(F)(F)F)c1. The Kier molecular flexibility index (Phi) is 5.21. The molecule has 1 amide bonds. The molecule has 0 atom stereocenters. The summed E-state index contributed by atoms with van der Waals surface area (Å²) in [7, 11) is 0. The van der Waals surface area contributed by atoms with Crippen LogP contribution in [0.1, 0.15) is 5.56 Å². The molecular weight excluding hydrogens is 385 g/mol. The normalized spacial score (nSPS) is 11.2. The molecule has 0 N–H and O–H groups in total. The summed E-state index contributed by atoms with van der Waals surface area (Å²) in [6.07, 6.45) is -3.19. The number of alkyl halides is 3. The third kappa shape index (κ3) is 4.05. The summed E-state index contributed by atoms with van der Waals surface area (Å²) in [5.74, 6) is -2.45. The first-order valence-electron chi connectivity index (χ1n) is 7.66. The van der Waals surface area contributed by atoms with Crippen LogP contribution >= 0.6 is 0 Å². The van der Waals surface area contributed by atoms with Crippen LogP contribution in [0.3, 0.4) is 0 Å². The van der Waals surface area contributed by atoms with Crippen LogP contribution in [0.2, 0.25) is 0 Å². The first-order valence-corrected chi connectivity index (χ1v) is 7.66. The molecule has 0 radical (unpaired) electrons. The summed E-state index contributed by atoms with van der Waals surface area (Å²) in [6, 6.07) is 7.76. The van der Waals surface area contributed by atoms with Gasteiger partial charge in [-0.3, -0.25) is 9.69 Å². The molecule has 5 nitrogen and oxygen atoms in total. The van der Waals surface area contributed by atoms with Crippen LogP contribution in [-0.4, -0.2) is 16.6 Å². The highest BCUT2D eigenvalue weighted by Gasteiger charge is 2.31. The van der Waals surface area contributed by atoms with Gasteiger partial charge in [0.15, 0.2) is 0 Å². The third-order valence-electron chi connectivity index (χ3n) is 3.58. The number of carbonyl (C=O) groups excluding carboxylic acids is 1. The number of carbonyl (C=O) groups is 1. The van der Waals surface area contributed by atoms with Crippen LogP contribution < -0.4 is 9.64 Å². The van der Waals surface area contributed by atoms with Crippen molar-refractivity contribution < 1.29 is 31.5 Å². The van der Waals surface area contributed by atoms with E-state index in [2.05, 4.69) is 10.2 Å². The fourth-order valence-electron chi connectivity index (χ4n) is 2.34. The Hall–Kier alpha value is -3.56. The molecule has 10 heteroatoms. The number of anilines is 2. The minimum atomic E-state index is -4.59. The Morgan fingerprint density at radius 2 is 1.79 bits per heavy atom. The fourth-order valence-corrected chi connectivity index (χ4v) is 2.34. The zero-order valence-corrected chi connectivity index (χ0v) is 13.8. The highest BCUT2D eigenvalue weighted by atomic mass is 19.4. The maximum Gasteiger partial charge on any atom is 0.416 e. The molecule has 0 spiro atoms. The van der Waals surface area contributed by atoms with E-state index < -0.39 is 23.4 Å². The molecule has 3 aromatic rings. The first-order chi connectivity index (χ1) is 13.3. The largest absolute Gasteiger partial charge is 0.436 e. The maximum absolute atomic E-state index is 14.1. The standard InChI is InChI=1S/C18H10F5N3O2/c19-12-4-5-15(14(20)9-12)26(10-27)16-6-7-24-25-17(16)28-13-3-1-2-11(8-13)18(21,22)23/h1-10H. The van der Waals surface area contributed by atoms with E-state index in [1.54, 1.807) is 0 Å². The smallest absolute Gasteiger partial charge is 0.416 e. The van der Waals surface area contributed by atoms with Crippen LogP contribution in [0.4, 0.5) is 33.3 Å². The topological polar surface area (TPSA) is 55.3 Å². The van der Waals surface area contributed by atoms with Crippen LogP contribution in [-0.2, 0) is 11.0 Å². The molecule has 1 heterocycles. The summed E-state index contributed by atoms with van der Waals surface area (Å²) >= 11 is 0. The Morgan fingerprint density at radius 3 is 2.46 bits per heavy atom. The van der Waals surface area contributed by atoms with Crippen LogP contribution in [0.15, 0.2) is 54.7 Å². The highest BCUT2D eigenvalue weighted by molar-refractivity contribution is 5.88. The van der Waals surface area contributed by atoms with E-state index in [-0.39, 0.29) is 29.4 Å². The van der Waals surface area contributed by atoms with E-state index >= 15 is 0 Å². The van der Waals surface area contributed by atoms with Crippen molar-refractivity contribution >= 4 is 17.8 Å². The molecule has 0 aliphatic heterocycles. The lowest BCUT2D eigenvalue weighted by Gasteiger charge is -2.20. The number of hydrogen-bond acceptors (Lipinski definition) is 4. The van der Waals surface area contributed by atoms with Gasteiger partial charge in [0, 0.05) is 6.07 Å². The van der Waals surface area contributed by atoms with Gasteiger partial charge in [-0.2, -0.15) is 18.3 Å². The molecular formula is C18H10F5N3O2. The number of rotatable bonds is 5. The zero-order valence-electron chi connectivity index (χ0n) is 13.8. The van der Waals surface area contributed by atoms with Gasteiger partial charge in [-0.1, -0.05) is 6.07 Å². The zero-order chi connectivity index (χ0) is 20.3. The van der Waals surface area contributed by atoms with Crippen molar-refractivity contribution in [2.24, 2.45) is 0 Å². The quantitative estimate of drug-likeness (QED) is 0.457. The van der Waals surface area contributed by atoms with Gasteiger partial charge < -0.3 is 4.74 Å². The number of amides is 1. The van der Waals surface area contributed by atoms with Gasteiger partial charge >= 0.3 is 6.18 Å². The van der Waals surface area contributed by atoms with Gasteiger partial charge in [-0.15, -0.1) is 5.10 Å². The van der Waals surface area contributed by atoms with Gasteiger partial charge in [0.25, 0.3) is 5.88 Å². The number of nitrogens with zero attached hydrogens (tertiary/aromatic N) is 3. The van der Waals surface area contributed by atoms with Crippen molar-refractivity contribution in [3.05, 3.63) is 71.9 Å². The second-order valence-electron chi connectivity index (χ2n) is 5.42. The Labute approximate surface area is 155 Å². The monoisotopic (exact) mass is 395 g/mol. The fraction of sp³-hybridized carbons (Fsp3) is 0.0556. The van der Waals surface area contributed by atoms with Gasteiger partial charge in [-0.25, -0.2) is 8.78 Å². The maximum atomic E-state index is 14.1. The van der Waals surface area contributed by atoms with Crippen molar-refractivity contribution in [1.82, 2.24) is 10.2 Å². The van der Waals surface area contributed by atoms with Crippen LogP contribution in [0.25, 0.3) is 0 Å². The molecule has 2 aromatic carbocycles. The molecule has 1 aromatic heterocycles. The number of halogens is 5. The van der Waals surface area contributed by atoms with Gasteiger partial charge in [0.2, 0.25) is 6.41 Å². The van der Waals surface area contributed by atoms with Crippen molar-refractivity contribution in [3.8, 4) is 11.6 Å². The molecule has 3 rings (SSSR count). The van der Waals surface area contributed by atoms with Gasteiger partial charge in [0.1, 0.15) is 23.1 Å². The van der Waals surface area contributed by atoms with Crippen molar-refractivity contribution in [2.75, 3.05) is 4.90 Å². The van der Waals surface area contributed by atoms with E-state index in [1.165, 1.54) is 18.3 Å². The average Bonchev–Trinajstić information content (AvgIpc) is 2.65. The lowest BCUT2D eigenvalue weighted by Crippen LogP contribution is -2.17. The summed E-state index contributed by atoms with van der Waals surface area (Å²) < 4.78 is 71.1. The average molecular weight is 395 g/mol. The molecule has 0 saturated carbocycles. The highest BCUT2D eigenvalue weighted by Crippen LogP contribution is 2.36. The van der Waals surface area contributed by atoms with E-state index in [1.807, 2.05) is 0 Å². The number of aromatic nitrogens is 2. The second kappa shape index (κ2) is 7.59. The van der Waals surface area contributed by atoms with Crippen molar-refractivity contribution in [3.63, 3.8) is 0 Å². The van der Waals surface area contributed by atoms with Crippen molar-refractivity contribution in [2.45, 2.75) is 6.18 Å². The predicted molar refractivity (Wildman–Crippen MR) is 88.1 cm³/mol. The summed E-state index contributed by atoms with van der Waals surface area (Å²) in [5, 5.41) is 7.22.